The summed E-state index contributed by atoms with van der Waals surface area (Å²) in [7, 11) is 1.27. The highest BCUT2D eigenvalue weighted by Gasteiger charge is 2.18. The molecular weight excluding hydrogens is 313 g/mol. The monoisotopic (exact) mass is 325 g/mol. The van der Waals surface area contributed by atoms with E-state index in [1.54, 1.807) is 20.8 Å². The number of anilines is 1. The van der Waals surface area contributed by atoms with Crippen LogP contribution >= 0.6 is 22.3 Å². The molecule has 1 aromatic carbocycles. The SMILES string of the molecule is CC(C)(C)OC(=O)Nc1ccc(S(=O)(=O)Cl)c(Cl)c1. The van der Waals surface area contributed by atoms with Crippen LogP contribution in [0.15, 0.2) is 23.1 Å². The molecule has 0 saturated carbocycles. The molecule has 1 rings (SSSR count). The molecule has 0 bridgehead atoms. The number of rotatable bonds is 2. The number of halogens is 2. The van der Waals surface area contributed by atoms with Gasteiger partial charge in [0.05, 0.1) is 5.02 Å². The number of nitrogens with one attached hydrogen (secondary N) is 1. The van der Waals surface area contributed by atoms with Crippen LogP contribution in [0.5, 0.6) is 0 Å². The lowest BCUT2D eigenvalue weighted by atomic mass is 10.2. The fourth-order valence-electron chi connectivity index (χ4n) is 1.20. The normalized spacial score (nSPS) is 12.1. The van der Waals surface area contributed by atoms with Crippen LogP contribution in [0.25, 0.3) is 0 Å². The maximum absolute atomic E-state index is 11.5. The average molecular weight is 326 g/mol. The average Bonchev–Trinajstić information content (AvgIpc) is 2.11. The minimum Gasteiger partial charge on any atom is -0.444 e. The van der Waals surface area contributed by atoms with E-state index in [4.69, 9.17) is 27.0 Å². The Balaban J connectivity index is 2.89. The number of hydrogen-bond acceptors (Lipinski definition) is 4. The second-order valence-electron chi connectivity index (χ2n) is 4.71. The van der Waals surface area contributed by atoms with E-state index < -0.39 is 20.7 Å². The van der Waals surface area contributed by atoms with Gasteiger partial charge >= 0.3 is 6.09 Å². The molecule has 0 saturated heterocycles. The molecule has 0 spiro atoms. The van der Waals surface area contributed by atoms with Gasteiger partial charge in [0.25, 0.3) is 9.05 Å². The van der Waals surface area contributed by atoms with Gasteiger partial charge in [-0.3, -0.25) is 5.32 Å². The molecular formula is C11H13Cl2NO4S. The minimum absolute atomic E-state index is 0.0800. The number of ether oxygens (including phenoxy) is 1. The van der Waals surface area contributed by atoms with Gasteiger partial charge in [-0.15, -0.1) is 0 Å². The predicted molar refractivity (Wildman–Crippen MR) is 74.3 cm³/mol. The van der Waals surface area contributed by atoms with Crippen LogP contribution in [0.4, 0.5) is 10.5 Å². The third-order valence-corrected chi connectivity index (χ3v) is 3.64. The zero-order valence-corrected chi connectivity index (χ0v) is 12.9. The second-order valence-corrected chi connectivity index (χ2v) is 7.65. The largest absolute Gasteiger partial charge is 0.444 e. The minimum atomic E-state index is -3.91. The summed E-state index contributed by atoms with van der Waals surface area (Å²) in [6.45, 7) is 5.17. The highest BCUT2D eigenvalue weighted by molar-refractivity contribution is 8.13. The number of carbonyl (C=O) groups excluding carboxylic acids is 1. The molecule has 8 heteroatoms. The van der Waals surface area contributed by atoms with Crippen LogP contribution in [0.2, 0.25) is 5.02 Å². The van der Waals surface area contributed by atoms with E-state index in [2.05, 4.69) is 5.32 Å². The Kier molecular flexibility index (Phi) is 4.71. The maximum atomic E-state index is 11.5. The van der Waals surface area contributed by atoms with E-state index in [0.717, 1.165) is 0 Å². The molecule has 19 heavy (non-hydrogen) atoms. The van der Waals surface area contributed by atoms with Crippen molar-refractivity contribution < 1.29 is 17.9 Å². The van der Waals surface area contributed by atoms with Crippen molar-refractivity contribution in [3.8, 4) is 0 Å². The van der Waals surface area contributed by atoms with Gasteiger partial charge < -0.3 is 4.74 Å². The van der Waals surface area contributed by atoms with Crippen LogP contribution in [-0.2, 0) is 13.8 Å². The Bertz CT molecular complexity index is 593. The standard InChI is InChI=1S/C11H13Cl2NO4S/c1-11(2,3)18-10(15)14-7-4-5-9(8(12)6-7)19(13,16)17/h4-6H,1-3H3,(H,14,15). The summed E-state index contributed by atoms with van der Waals surface area (Å²) in [5, 5.41) is 2.35. The number of hydrogen-bond donors (Lipinski definition) is 1. The van der Waals surface area contributed by atoms with Crippen LogP contribution in [0.1, 0.15) is 20.8 Å². The zero-order chi connectivity index (χ0) is 14.8. The quantitative estimate of drug-likeness (QED) is 0.843. The number of benzene rings is 1. The van der Waals surface area contributed by atoms with Crippen LogP contribution in [-0.4, -0.2) is 20.1 Å². The summed E-state index contributed by atoms with van der Waals surface area (Å²) in [4.78, 5) is 11.3. The highest BCUT2D eigenvalue weighted by atomic mass is 35.7. The van der Waals surface area contributed by atoms with E-state index in [-0.39, 0.29) is 9.92 Å². The molecule has 0 unspecified atom stereocenters. The van der Waals surface area contributed by atoms with Crippen molar-refractivity contribution in [2.45, 2.75) is 31.3 Å². The maximum Gasteiger partial charge on any atom is 0.412 e. The van der Waals surface area contributed by atoms with Gasteiger partial charge in [0, 0.05) is 16.4 Å². The molecule has 0 atom stereocenters. The number of amides is 1. The molecule has 0 aliphatic rings. The van der Waals surface area contributed by atoms with Gasteiger partial charge in [-0.2, -0.15) is 0 Å². The fraction of sp³-hybridized carbons (Fsp3) is 0.364. The van der Waals surface area contributed by atoms with Crippen molar-refractivity contribution >= 4 is 43.1 Å². The summed E-state index contributed by atoms with van der Waals surface area (Å²) in [5.74, 6) is 0. The van der Waals surface area contributed by atoms with Crippen molar-refractivity contribution in [1.29, 1.82) is 0 Å². The predicted octanol–water partition coefficient (Wildman–Crippen LogP) is 3.61. The smallest absolute Gasteiger partial charge is 0.412 e. The Morgan fingerprint density at radius 3 is 2.32 bits per heavy atom. The molecule has 5 nitrogen and oxygen atoms in total. The highest BCUT2D eigenvalue weighted by Crippen LogP contribution is 2.27. The summed E-state index contributed by atoms with van der Waals surface area (Å²) in [6, 6.07) is 3.85. The lowest BCUT2D eigenvalue weighted by molar-refractivity contribution is 0.0636. The third kappa shape index (κ3) is 5.26. The van der Waals surface area contributed by atoms with E-state index in [0.29, 0.717) is 5.69 Å². The molecule has 0 heterocycles. The Hall–Kier alpha value is -0.980. The molecule has 0 aromatic heterocycles. The Labute approximate surface area is 121 Å². The zero-order valence-electron chi connectivity index (χ0n) is 10.5. The summed E-state index contributed by atoms with van der Waals surface area (Å²) >= 11 is 5.77. The first-order valence-corrected chi connectivity index (χ1v) is 7.92. The summed E-state index contributed by atoms with van der Waals surface area (Å²) in [6.07, 6.45) is -0.662. The van der Waals surface area contributed by atoms with Crippen LogP contribution < -0.4 is 5.32 Å². The Morgan fingerprint density at radius 2 is 1.89 bits per heavy atom. The van der Waals surface area contributed by atoms with E-state index in [1.807, 2.05) is 0 Å². The first-order chi connectivity index (χ1) is 8.49. The van der Waals surface area contributed by atoms with Gasteiger partial charge in [0.15, 0.2) is 0 Å². The van der Waals surface area contributed by atoms with Gasteiger partial charge in [-0.05, 0) is 39.0 Å². The molecule has 0 radical (unpaired) electrons. The first-order valence-electron chi connectivity index (χ1n) is 5.23. The van der Waals surface area contributed by atoms with Gasteiger partial charge in [0.2, 0.25) is 0 Å². The second kappa shape index (κ2) is 5.56. The lowest BCUT2D eigenvalue weighted by Gasteiger charge is -2.19. The molecule has 1 aromatic rings. The summed E-state index contributed by atoms with van der Waals surface area (Å²) < 4.78 is 27.3. The molecule has 106 valence electrons. The first kappa shape index (κ1) is 16.1. The van der Waals surface area contributed by atoms with Crippen molar-refractivity contribution in [2.24, 2.45) is 0 Å². The lowest BCUT2D eigenvalue weighted by Crippen LogP contribution is -2.27. The van der Waals surface area contributed by atoms with Gasteiger partial charge in [-0.1, -0.05) is 11.6 Å². The molecule has 1 N–H and O–H groups in total. The van der Waals surface area contributed by atoms with Crippen molar-refractivity contribution in [3.05, 3.63) is 23.2 Å². The van der Waals surface area contributed by atoms with Gasteiger partial charge in [-0.25, -0.2) is 13.2 Å². The van der Waals surface area contributed by atoms with E-state index in [9.17, 15) is 13.2 Å². The Morgan fingerprint density at radius 1 is 1.32 bits per heavy atom. The molecule has 0 aliphatic carbocycles. The van der Waals surface area contributed by atoms with Crippen molar-refractivity contribution in [1.82, 2.24) is 0 Å². The summed E-state index contributed by atoms with van der Waals surface area (Å²) in [5.41, 5.74) is -0.323. The van der Waals surface area contributed by atoms with Crippen molar-refractivity contribution in [3.63, 3.8) is 0 Å². The topological polar surface area (TPSA) is 72.5 Å². The van der Waals surface area contributed by atoms with Gasteiger partial charge in [0.1, 0.15) is 10.5 Å². The molecule has 0 aliphatic heterocycles. The van der Waals surface area contributed by atoms with E-state index in [1.165, 1.54) is 18.2 Å². The van der Waals surface area contributed by atoms with E-state index >= 15 is 0 Å². The third-order valence-electron chi connectivity index (χ3n) is 1.84. The van der Waals surface area contributed by atoms with Crippen LogP contribution in [0.3, 0.4) is 0 Å². The molecule has 1 amide bonds. The number of carbonyl (C=O) groups is 1. The molecule has 0 fully saturated rings. The fourth-order valence-corrected chi connectivity index (χ4v) is 2.73. The van der Waals surface area contributed by atoms with Crippen LogP contribution in [0, 0.1) is 0 Å². The van der Waals surface area contributed by atoms with Crippen molar-refractivity contribution in [2.75, 3.05) is 5.32 Å².